The van der Waals surface area contributed by atoms with Crippen LogP contribution in [-0.2, 0) is 6.54 Å². The second kappa shape index (κ2) is 6.31. The van der Waals surface area contributed by atoms with Crippen molar-refractivity contribution < 1.29 is 14.3 Å². The average Bonchev–Trinajstić information content (AvgIpc) is 2.77. The van der Waals surface area contributed by atoms with Gasteiger partial charge in [-0.25, -0.2) is 4.79 Å². The topological polar surface area (TPSA) is 53.7 Å². The number of para-hydroxylation sites is 1. The number of rotatable bonds is 6. The molecule has 0 radical (unpaired) electrons. The summed E-state index contributed by atoms with van der Waals surface area (Å²) in [6.45, 7) is 7.13. The van der Waals surface area contributed by atoms with Crippen LogP contribution >= 0.6 is 0 Å². The van der Waals surface area contributed by atoms with Crippen LogP contribution in [0.5, 0.6) is 0 Å². The lowest BCUT2D eigenvalue weighted by atomic mass is 10.0. The van der Waals surface area contributed by atoms with Crippen LogP contribution in [0.3, 0.4) is 0 Å². The van der Waals surface area contributed by atoms with E-state index in [-0.39, 0.29) is 5.76 Å². The highest BCUT2D eigenvalue weighted by atomic mass is 16.4. The van der Waals surface area contributed by atoms with E-state index in [1.807, 2.05) is 31.3 Å². The molecule has 4 heteroatoms. The molecule has 0 bridgehead atoms. The standard InChI is InChI=1S/C17H23NO3/c1-11(2)9-12(3)18(4)10-14-13-7-5-6-8-15(13)21-16(14)17(19)20/h5-8,11-12H,9-10H2,1-4H3,(H,19,20). The first kappa shape index (κ1) is 15.6. The number of carbonyl (C=O) groups is 1. The zero-order chi connectivity index (χ0) is 15.6. The molecule has 1 unspecified atom stereocenters. The van der Waals surface area contributed by atoms with E-state index in [4.69, 9.17) is 4.42 Å². The van der Waals surface area contributed by atoms with Crippen molar-refractivity contribution in [3.8, 4) is 0 Å². The van der Waals surface area contributed by atoms with Gasteiger partial charge >= 0.3 is 5.97 Å². The highest BCUT2D eigenvalue weighted by molar-refractivity contribution is 5.95. The van der Waals surface area contributed by atoms with Gasteiger partial charge < -0.3 is 9.52 Å². The Morgan fingerprint density at radius 3 is 2.57 bits per heavy atom. The molecule has 0 spiro atoms. The molecule has 0 aliphatic rings. The van der Waals surface area contributed by atoms with E-state index in [0.29, 0.717) is 24.1 Å². The van der Waals surface area contributed by atoms with E-state index in [1.54, 1.807) is 0 Å². The molecule has 1 heterocycles. The minimum absolute atomic E-state index is 0.0554. The van der Waals surface area contributed by atoms with Gasteiger partial charge in [-0.3, -0.25) is 4.90 Å². The molecule has 0 saturated heterocycles. The van der Waals surface area contributed by atoms with Crippen LogP contribution in [0.1, 0.15) is 43.3 Å². The van der Waals surface area contributed by atoms with Crippen LogP contribution in [-0.4, -0.2) is 29.1 Å². The van der Waals surface area contributed by atoms with Gasteiger partial charge in [0.25, 0.3) is 0 Å². The summed E-state index contributed by atoms with van der Waals surface area (Å²) in [5, 5.41) is 10.2. The number of hydrogen-bond acceptors (Lipinski definition) is 3. The number of fused-ring (bicyclic) bond motifs is 1. The van der Waals surface area contributed by atoms with E-state index < -0.39 is 5.97 Å². The van der Waals surface area contributed by atoms with Gasteiger partial charge in [-0.15, -0.1) is 0 Å². The fraction of sp³-hybridized carbons (Fsp3) is 0.471. The second-order valence-corrected chi connectivity index (χ2v) is 6.10. The predicted octanol–water partition coefficient (Wildman–Crippen LogP) is 4.00. The van der Waals surface area contributed by atoms with Gasteiger partial charge in [0.2, 0.25) is 5.76 Å². The zero-order valence-electron chi connectivity index (χ0n) is 13.1. The summed E-state index contributed by atoms with van der Waals surface area (Å²) in [6, 6.07) is 7.88. The lowest BCUT2D eigenvalue weighted by molar-refractivity contribution is 0.0661. The third kappa shape index (κ3) is 3.45. The molecular formula is C17H23NO3. The Kier molecular flexibility index (Phi) is 4.68. The molecule has 1 N–H and O–H groups in total. The molecule has 1 aromatic heterocycles. The number of carboxylic acids is 1. The molecule has 0 saturated carbocycles. The Labute approximate surface area is 125 Å². The maximum atomic E-state index is 11.4. The van der Waals surface area contributed by atoms with Crippen LogP contribution in [0.15, 0.2) is 28.7 Å². The van der Waals surface area contributed by atoms with Gasteiger partial charge in [0, 0.05) is 23.5 Å². The average molecular weight is 289 g/mol. The minimum Gasteiger partial charge on any atom is -0.475 e. The number of carboxylic acid groups (broad SMARTS) is 1. The van der Waals surface area contributed by atoms with Crippen LogP contribution < -0.4 is 0 Å². The van der Waals surface area contributed by atoms with Gasteiger partial charge in [0.05, 0.1) is 0 Å². The third-order valence-corrected chi connectivity index (χ3v) is 3.87. The summed E-state index contributed by atoms with van der Waals surface area (Å²) in [5.41, 5.74) is 1.39. The molecule has 4 nitrogen and oxygen atoms in total. The van der Waals surface area contributed by atoms with Crippen LogP contribution in [0.4, 0.5) is 0 Å². The Morgan fingerprint density at radius 1 is 1.29 bits per heavy atom. The van der Waals surface area contributed by atoms with Gasteiger partial charge in [-0.1, -0.05) is 32.0 Å². The van der Waals surface area contributed by atoms with E-state index in [9.17, 15) is 9.90 Å². The van der Waals surface area contributed by atoms with Crippen molar-refractivity contribution in [2.45, 2.75) is 39.8 Å². The van der Waals surface area contributed by atoms with Crippen molar-refractivity contribution in [2.75, 3.05) is 7.05 Å². The monoisotopic (exact) mass is 289 g/mol. The summed E-state index contributed by atoms with van der Waals surface area (Å²) in [7, 11) is 2.03. The fourth-order valence-corrected chi connectivity index (χ4v) is 2.70. The normalized spacial score (nSPS) is 13.2. The molecular weight excluding hydrogens is 266 g/mol. The fourth-order valence-electron chi connectivity index (χ4n) is 2.70. The molecule has 2 rings (SSSR count). The van der Waals surface area contributed by atoms with E-state index in [0.717, 1.165) is 17.4 Å². The Hall–Kier alpha value is -1.81. The van der Waals surface area contributed by atoms with Gasteiger partial charge in [-0.2, -0.15) is 0 Å². The smallest absolute Gasteiger partial charge is 0.372 e. The number of furan rings is 1. The Bertz CT molecular complexity index is 630. The van der Waals surface area contributed by atoms with E-state index in [1.165, 1.54) is 0 Å². The summed E-state index contributed by atoms with van der Waals surface area (Å²) < 4.78 is 5.50. The van der Waals surface area contributed by atoms with Crippen LogP contribution in [0.2, 0.25) is 0 Å². The van der Waals surface area contributed by atoms with Crippen molar-refractivity contribution in [1.29, 1.82) is 0 Å². The zero-order valence-corrected chi connectivity index (χ0v) is 13.1. The molecule has 21 heavy (non-hydrogen) atoms. The highest BCUT2D eigenvalue weighted by Crippen LogP contribution is 2.27. The molecule has 2 aromatic rings. The summed E-state index contributed by atoms with van der Waals surface area (Å²) in [4.78, 5) is 13.6. The van der Waals surface area contributed by atoms with Gasteiger partial charge in [0.1, 0.15) is 5.58 Å². The maximum Gasteiger partial charge on any atom is 0.372 e. The number of benzene rings is 1. The minimum atomic E-state index is -1.01. The van der Waals surface area contributed by atoms with Crippen LogP contribution in [0.25, 0.3) is 11.0 Å². The lowest BCUT2D eigenvalue weighted by Crippen LogP contribution is -2.30. The van der Waals surface area contributed by atoms with Crippen molar-refractivity contribution >= 4 is 16.9 Å². The first-order valence-corrected chi connectivity index (χ1v) is 7.34. The summed E-state index contributed by atoms with van der Waals surface area (Å²) in [6.07, 6.45) is 1.08. The first-order chi connectivity index (χ1) is 9.90. The van der Waals surface area contributed by atoms with Gasteiger partial charge in [-0.05, 0) is 32.4 Å². The largest absolute Gasteiger partial charge is 0.475 e. The third-order valence-electron chi connectivity index (χ3n) is 3.87. The predicted molar refractivity (Wildman–Crippen MR) is 83.6 cm³/mol. The van der Waals surface area contributed by atoms with Crippen molar-refractivity contribution in [3.05, 3.63) is 35.6 Å². The molecule has 1 aromatic carbocycles. The molecule has 114 valence electrons. The van der Waals surface area contributed by atoms with Gasteiger partial charge in [0.15, 0.2) is 0 Å². The van der Waals surface area contributed by atoms with Crippen molar-refractivity contribution in [3.63, 3.8) is 0 Å². The first-order valence-electron chi connectivity index (χ1n) is 7.34. The van der Waals surface area contributed by atoms with E-state index in [2.05, 4.69) is 25.7 Å². The molecule has 0 fully saturated rings. The maximum absolute atomic E-state index is 11.4. The Balaban J connectivity index is 2.32. The highest BCUT2D eigenvalue weighted by Gasteiger charge is 2.22. The second-order valence-electron chi connectivity index (χ2n) is 6.10. The quantitative estimate of drug-likeness (QED) is 0.873. The summed E-state index contributed by atoms with van der Waals surface area (Å²) in [5.74, 6) is -0.339. The van der Waals surface area contributed by atoms with Crippen LogP contribution in [0, 0.1) is 5.92 Å². The number of aromatic carboxylic acids is 1. The summed E-state index contributed by atoms with van der Waals surface area (Å²) >= 11 is 0. The molecule has 1 atom stereocenters. The number of nitrogens with zero attached hydrogens (tertiary/aromatic N) is 1. The molecule has 0 amide bonds. The number of hydrogen-bond donors (Lipinski definition) is 1. The van der Waals surface area contributed by atoms with Crippen molar-refractivity contribution in [1.82, 2.24) is 4.90 Å². The van der Waals surface area contributed by atoms with E-state index >= 15 is 0 Å². The van der Waals surface area contributed by atoms with Crippen molar-refractivity contribution in [2.24, 2.45) is 5.92 Å². The lowest BCUT2D eigenvalue weighted by Gasteiger charge is -2.26. The Morgan fingerprint density at radius 2 is 1.95 bits per heavy atom. The SMILES string of the molecule is CC(C)CC(C)N(C)Cc1c(C(=O)O)oc2ccccc12. The molecule has 0 aliphatic heterocycles. The molecule has 0 aliphatic carbocycles.